The minimum atomic E-state index is -4.44. The number of anilines is 1. The second kappa shape index (κ2) is 5.15. The number of nitrogens with one attached hydrogen (secondary N) is 2. The molecule has 1 unspecified atom stereocenters. The van der Waals surface area contributed by atoms with Crippen LogP contribution >= 0.6 is 0 Å². The van der Waals surface area contributed by atoms with E-state index < -0.39 is 17.7 Å². The molecule has 0 spiro atoms. The van der Waals surface area contributed by atoms with Crippen molar-refractivity contribution in [3.8, 4) is 0 Å². The van der Waals surface area contributed by atoms with E-state index in [4.69, 9.17) is 0 Å². The summed E-state index contributed by atoms with van der Waals surface area (Å²) in [7, 11) is 0. The van der Waals surface area contributed by atoms with Crippen molar-refractivity contribution in [2.45, 2.75) is 25.4 Å². The fourth-order valence-corrected chi connectivity index (χ4v) is 2.18. The van der Waals surface area contributed by atoms with Crippen molar-refractivity contribution in [2.24, 2.45) is 0 Å². The highest BCUT2D eigenvalue weighted by Gasteiger charge is 2.35. The molecule has 1 aromatic rings. The molecule has 0 fully saturated rings. The number of rotatable bonds is 3. The van der Waals surface area contributed by atoms with Gasteiger partial charge in [0, 0.05) is 19.2 Å². The third-order valence-corrected chi connectivity index (χ3v) is 3.14. The van der Waals surface area contributed by atoms with Gasteiger partial charge in [0.05, 0.1) is 11.5 Å². The van der Waals surface area contributed by atoms with E-state index >= 15 is 0 Å². The van der Waals surface area contributed by atoms with Crippen LogP contribution in [0.3, 0.4) is 0 Å². The zero-order valence-corrected chi connectivity index (χ0v) is 10.7. The van der Waals surface area contributed by atoms with E-state index in [1.165, 1.54) is 13.0 Å². The molecule has 7 heteroatoms. The highest BCUT2D eigenvalue weighted by Crippen LogP contribution is 2.39. The summed E-state index contributed by atoms with van der Waals surface area (Å²) in [6.07, 6.45) is -4.18. The van der Waals surface area contributed by atoms with Gasteiger partial charge in [0.1, 0.15) is 0 Å². The molecular weight excluding hydrogens is 273 g/mol. The Balaban J connectivity index is 2.21. The molecule has 2 amide bonds. The molecule has 0 bridgehead atoms. The number of hydrogen-bond acceptors (Lipinski definition) is 2. The lowest BCUT2D eigenvalue weighted by atomic mass is 9.95. The zero-order chi connectivity index (χ0) is 14.9. The standard InChI is InChI=1S/C13H13F3N2O2/c1-7(19)17-5-4-9-10-6-8(13(14,15)16)2-3-11(10)18-12(9)20/h2-3,6,9H,4-5H2,1H3,(H,17,19)(H,18,20). The van der Waals surface area contributed by atoms with Gasteiger partial charge in [-0.3, -0.25) is 9.59 Å². The molecule has 2 N–H and O–H groups in total. The highest BCUT2D eigenvalue weighted by atomic mass is 19.4. The molecule has 1 aliphatic heterocycles. The first-order chi connectivity index (χ1) is 9.29. The maximum Gasteiger partial charge on any atom is 0.416 e. The Hall–Kier alpha value is -2.05. The first-order valence-corrected chi connectivity index (χ1v) is 6.05. The number of halogens is 3. The van der Waals surface area contributed by atoms with Gasteiger partial charge in [-0.1, -0.05) is 0 Å². The van der Waals surface area contributed by atoms with E-state index in [0.29, 0.717) is 11.3 Å². The number of carbonyl (C=O) groups is 2. The molecule has 108 valence electrons. The minimum absolute atomic E-state index is 0.239. The maximum absolute atomic E-state index is 12.7. The Kier molecular flexibility index (Phi) is 3.69. The largest absolute Gasteiger partial charge is 0.416 e. The predicted octanol–water partition coefficient (Wildman–Crippen LogP) is 2.27. The van der Waals surface area contributed by atoms with Gasteiger partial charge in [0.2, 0.25) is 11.8 Å². The summed E-state index contributed by atoms with van der Waals surface area (Å²) in [4.78, 5) is 22.5. The normalized spacial score (nSPS) is 17.6. The van der Waals surface area contributed by atoms with Gasteiger partial charge < -0.3 is 10.6 Å². The molecule has 0 saturated carbocycles. The Bertz CT molecular complexity index is 555. The van der Waals surface area contributed by atoms with E-state index in [2.05, 4.69) is 10.6 Å². The average molecular weight is 286 g/mol. The molecule has 4 nitrogen and oxygen atoms in total. The average Bonchev–Trinajstić information content (AvgIpc) is 2.63. The van der Waals surface area contributed by atoms with Gasteiger partial charge in [-0.25, -0.2) is 0 Å². The number of fused-ring (bicyclic) bond motifs is 1. The molecule has 0 radical (unpaired) electrons. The summed E-state index contributed by atoms with van der Waals surface area (Å²) >= 11 is 0. The summed E-state index contributed by atoms with van der Waals surface area (Å²) in [5.41, 5.74) is -0.0525. The third kappa shape index (κ3) is 2.92. The first-order valence-electron chi connectivity index (χ1n) is 6.05. The van der Waals surface area contributed by atoms with Crippen molar-refractivity contribution in [3.63, 3.8) is 0 Å². The van der Waals surface area contributed by atoms with Crippen LogP contribution in [0.1, 0.15) is 30.4 Å². The van der Waals surface area contributed by atoms with Crippen molar-refractivity contribution in [2.75, 3.05) is 11.9 Å². The number of benzene rings is 1. The van der Waals surface area contributed by atoms with Crippen LogP contribution in [0, 0.1) is 0 Å². The Labute approximate surface area is 113 Å². The van der Waals surface area contributed by atoms with Crippen molar-refractivity contribution in [1.29, 1.82) is 0 Å². The van der Waals surface area contributed by atoms with Crippen LogP contribution < -0.4 is 10.6 Å². The molecule has 1 heterocycles. The maximum atomic E-state index is 12.7. The molecular formula is C13H13F3N2O2. The van der Waals surface area contributed by atoms with Crippen molar-refractivity contribution >= 4 is 17.5 Å². The van der Waals surface area contributed by atoms with Gasteiger partial charge in [-0.15, -0.1) is 0 Å². The second-order valence-corrected chi connectivity index (χ2v) is 4.61. The molecule has 0 saturated heterocycles. The van der Waals surface area contributed by atoms with Gasteiger partial charge >= 0.3 is 6.18 Å². The highest BCUT2D eigenvalue weighted by molar-refractivity contribution is 6.02. The Morgan fingerprint density at radius 3 is 2.70 bits per heavy atom. The topological polar surface area (TPSA) is 58.2 Å². The first kappa shape index (κ1) is 14.4. The van der Waals surface area contributed by atoms with E-state index in [-0.39, 0.29) is 24.8 Å². The van der Waals surface area contributed by atoms with Crippen LogP contribution in [-0.4, -0.2) is 18.4 Å². The molecule has 2 rings (SSSR count). The number of amides is 2. The lowest BCUT2D eigenvalue weighted by Gasteiger charge is -2.12. The molecule has 1 aromatic carbocycles. The smallest absolute Gasteiger partial charge is 0.356 e. The van der Waals surface area contributed by atoms with Gasteiger partial charge in [0.15, 0.2) is 0 Å². The fraction of sp³-hybridized carbons (Fsp3) is 0.385. The predicted molar refractivity (Wildman–Crippen MR) is 66.1 cm³/mol. The Morgan fingerprint density at radius 1 is 1.40 bits per heavy atom. The fourth-order valence-electron chi connectivity index (χ4n) is 2.18. The molecule has 1 atom stereocenters. The lowest BCUT2D eigenvalue weighted by molar-refractivity contribution is -0.137. The van der Waals surface area contributed by atoms with Crippen LogP contribution in [0.15, 0.2) is 18.2 Å². The summed E-state index contributed by atoms with van der Waals surface area (Å²) in [6.45, 7) is 1.58. The molecule has 0 aromatic heterocycles. The van der Waals surface area contributed by atoms with Crippen LogP contribution in [0.25, 0.3) is 0 Å². The SMILES string of the molecule is CC(=O)NCCC1C(=O)Nc2ccc(C(F)(F)F)cc21. The van der Waals surface area contributed by atoms with Gasteiger partial charge in [0.25, 0.3) is 0 Å². The van der Waals surface area contributed by atoms with Gasteiger partial charge in [-0.05, 0) is 30.2 Å². The second-order valence-electron chi connectivity index (χ2n) is 4.61. The van der Waals surface area contributed by atoms with Crippen LogP contribution in [-0.2, 0) is 15.8 Å². The molecule has 0 aliphatic carbocycles. The zero-order valence-electron chi connectivity index (χ0n) is 10.7. The van der Waals surface area contributed by atoms with Gasteiger partial charge in [-0.2, -0.15) is 13.2 Å². The van der Waals surface area contributed by atoms with Crippen LogP contribution in [0.5, 0.6) is 0 Å². The summed E-state index contributed by atoms with van der Waals surface area (Å²) in [5.74, 6) is -1.25. The van der Waals surface area contributed by atoms with E-state index in [1.54, 1.807) is 0 Å². The van der Waals surface area contributed by atoms with Crippen molar-refractivity contribution < 1.29 is 22.8 Å². The quantitative estimate of drug-likeness (QED) is 0.895. The van der Waals surface area contributed by atoms with E-state index in [0.717, 1.165) is 12.1 Å². The summed E-state index contributed by atoms with van der Waals surface area (Å²) in [6, 6.07) is 3.19. The number of hydrogen-bond donors (Lipinski definition) is 2. The van der Waals surface area contributed by atoms with Crippen molar-refractivity contribution in [1.82, 2.24) is 5.32 Å². The number of alkyl halides is 3. The van der Waals surface area contributed by atoms with Crippen molar-refractivity contribution in [3.05, 3.63) is 29.3 Å². The summed E-state index contributed by atoms with van der Waals surface area (Å²) < 4.78 is 38.0. The third-order valence-electron chi connectivity index (χ3n) is 3.14. The van der Waals surface area contributed by atoms with E-state index in [9.17, 15) is 22.8 Å². The van der Waals surface area contributed by atoms with E-state index in [1.807, 2.05) is 0 Å². The molecule has 20 heavy (non-hydrogen) atoms. The molecule has 1 aliphatic rings. The number of carbonyl (C=O) groups excluding carboxylic acids is 2. The van der Waals surface area contributed by atoms with Crippen LogP contribution in [0.4, 0.5) is 18.9 Å². The lowest BCUT2D eigenvalue weighted by Crippen LogP contribution is -2.24. The monoisotopic (exact) mass is 286 g/mol. The Morgan fingerprint density at radius 2 is 2.10 bits per heavy atom. The summed E-state index contributed by atoms with van der Waals surface area (Å²) in [5, 5.41) is 5.07. The minimum Gasteiger partial charge on any atom is -0.356 e. The van der Waals surface area contributed by atoms with Crippen LogP contribution in [0.2, 0.25) is 0 Å².